The van der Waals surface area contributed by atoms with Crippen molar-refractivity contribution in [3.8, 4) is 11.1 Å². The van der Waals surface area contributed by atoms with Crippen LogP contribution in [0.5, 0.6) is 0 Å². The van der Waals surface area contributed by atoms with Crippen molar-refractivity contribution in [1.29, 1.82) is 5.41 Å². The number of pyridine rings is 1. The molecule has 8 nitrogen and oxygen atoms in total. The molecule has 5 rings (SSSR count). The van der Waals surface area contributed by atoms with Crippen molar-refractivity contribution in [2.75, 3.05) is 31.6 Å². The lowest BCUT2D eigenvalue weighted by molar-refractivity contribution is 0.0342. The summed E-state index contributed by atoms with van der Waals surface area (Å²) < 4.78 is 5.47. The minimum atomic E-state index is -1.05. The third-order valence-electron chi connectivity index (χ3n) is 8.13. The summed E-state index contributed by atoms with van der Waals surface area (Å²) in [7, 11) is 0. The molecule has 2 heterocycles. The van der Waals surface area contributed by atoms with E-state index in [1.54, 1.807) is 0 Å². The van der Waals surface area contributed by atoms with Gasteiger partial charge in [0.1, 0.15) is 6.23 Å². The quantitative estimate of drug-likeness (QED) is 0.188. The van der Waals surface area contributed by atoms with Crippen LogP contribution in [-0.2, 0) is 17.8 Å². The number of nitrogens with one attached hydrogen (secondary N) is 4. The maximum absolute atomic E-state index is 12.5. The Labute approximate surface area is 236 Å². The number of hydrogen-bond acceptors (Lipinski definition) is 7. The Hall–Kier alpha value is -3.30. The summed E-state index contributed by atoms with van der Waals surface area (Å²) in [5.41, 5.74) is 7.55. The number of rotatable bonds is 10. The lowest BCUT2D eigenvalue weighted by atomic mass is 9.95. The molecule has 8 heteroatoms. The van der Waals surface area contributed by atoms with E-state index < -0.39 is 6.23 Å². The molecule has 2 fully saturated rings. The lowest BCUT2D eigenvalue weighted by Crippen LogP contribution is -2.35. The predicted molar refractivity (Wildman–Crippen MR) is 160 cm³/mol. The van der Waals surface area contributed by atoms with Gasteiger partial charge in [0.05, 0.1) is 13.2 Å². The van der Waals surface area contributed by atoms with Crippen molar-refractivity contribution in [3.63, 3.8) is 0 Å². The van der Waals surface area contributed by atoms with E-state index in [4.69, 9.17) is 10.1 Å². The zero-order valence-corrected chi connectivity index (χ0v) is 23.6. The molecule has 5 N–H and O–H groups in total. The van der Waals surface area contributed by atoms with E-state index in [0.29, 0.717) is 22.7 Å². The number of anilines is 1. The number of H-pyrrole nitrogens is 1. The fourth-order valence-corrected chi connectivity index (χ4v) is 5.87. The van der Waals surface area contributed by atoms with Crippen molar-refractivity contribution < 1.29 is 9.84 Å². The van der Waals surface area contributed by atoms with E-state index in [2.05, 4.69) is 50.8 Å². The van der Waals surface area contributed by atoms with Crippen molar-refractivity contribution in [2.24, 2.45) is 0 Å². The van der Waals surface area contributed by atoms with Crippen LogP contribution in [0.15, 0.2) is 47.3 Å². The molecular formula is C32H41N5O3. The summed E-state index contributed by atoms with van der Waals surface area (Å²) in [5.74, 6) is 0. The number of ether oxygens (including phenoxy) is 1. The monoisotopic (exact) mass is 543 g/mol. The van der Waals surface area contributed by atoms with E-state index in [-0.39, 0.29) is 12.1 Å². The Kier molecular flexibility index (Phi) is 9.11. The Bertz CT molecular complexity index is 1370. The van der Waals surface area contributed by atoms with Crippen LogP contribution in [-0.4, -0.2) is 53.6 Å². The van der Waals surface area contributed by atoms with Crippen LogP contribution in [0, 0.1) is 19.3 Å². The van der Waals surface area contributed by atoms with Gasteiger partial charge in [-0.15, -0.1) is 0 Å². The molecular weight excluding hydrogens is 502 g/mol. The van der Waals surface area contributed by atoms with Crippen LogP contribution in [0.2, 0.25) is 0 Å². The highest BCUT2D eigenvalue weighted by Crippen LogP contribution is 2.33. The van der Waals surface area contributed by atoms with Crippen LogP contribution in [0.4, 0.5) is 5.69 Å². The molecule has 1 aromatic heterocycles. The molecule has 0 spiro atoms. The van der Waals surface area contributed by atoms with Gasteiger partial charge in [-0.2, -0.15) is 0 Å². The smallest absolute Gasteiger partial charge is 0.252 e. The van der Waals surface area contributed by atoms with E-state index >= 15 is 0 Å². The molecule has 212 valence electrons. The number of aliphatic hydroxyl groups excluding tert-OH is 1. The second-order valence-electron chi connectivity index (χ2n) is 11.1. The van der Waals surface area contributed by atoms with Gasteiger partial charge in [-0.05, 0) is 67.1 Å². The Morgan fingerprint density at radius 1 is 1.10 bits per heavy atom. The second-order valence-corrected chi connectivity index (χ2v) is 11.1. The van der Waals surface area contributed by atoms with Gasteiger partial charge < -0.3 is 25.6 Å². The van der Waals surface area contributed by atoms with Crippen LogP contribution in [0.25, 0.3) is 11.1 Å². The molecule has 1 atom stereocenters. The zero-order valence-electron chi connectivity index (χ0n) is 23.6. The van der Waals surface area contributed by atoms with Crippen molar-refractivity contribution in [1.82, 2.24) is 15.2 Å². The molecule has 1 aliphatic carbocycles. The first-order chi connectivity index (χ1) is 19.4. The van der Waals surface area contributed by atoms with Gasteiger partial charge in [0.2, 0.25) is 0 Å². The molecule has 40 heavy (non-hydrogen) atoms. The average Bonchev–Trinajstić information content (AvgIpc) is 3.46. The highest BCUT2D eigenvalue weighted by molar-refractivity contribution is 5.90. The number of morpholine rings is 1. The molecule has 2 aliphatic rings. The standard InChI is InChI=1S/C32H41N5O3/c1-21-15-22(2)35-32(39)29(21)19-34-31(38)27-16-25(17-30(28(27)18-33)36-26-5-3-4-6-26)24-9-7-23(8-10-24)20-37-11-13-40-14-12-37/h7-10,15-18,26,31,33-34,36,38H,3-6,11-14,19-20H2,1-2H3,(H,35,39). The number of benzene rings is 2. The number of aromatic nitrogens is 1. The summed E-state index contributed by atoms with van der Waals surface area (Å²) in [6.45, 7) is 8.34. The topological polar surface area (TPSA) is 113 Å². The number of aliphatic hydroxyl groups is 1. The minimum absolute atomic E-state index is 0.154. The third kappa shape index (κ3) is 6.70. The Morgan fingerprint density at radius 3 is 2.50 bits per heavy atom. The molecule has 0 radical (unpaired) electrons. The van der Waals surface area contributed by atoms with E-state index in [1.165, 1.54) is 24.6 Å². The summed E-state index contributed by atoms with van der Waals surface area (Å²) in [6, 6.07) is 14.9. The number of aromatic amines is 1. The number of hydrogen-bond donors (Lipinski definition) is 5. The fourth-order valence-electron chi connectivity index (χ4n) is 5.87. The van der Waals surface area contributed by atoms with Gasteiger partial charge in [-0.1, -0.05) is 37.1 Å². The second kappa shape index (κ2) is 12.9. The van der Waals surface area contributed by atoms with Gasteiger partial charge in [0.15, 0.2) is 0 Å². The van der Waals surface area contributed by atoms with Gasteiger partial charge in [-0.3, -0.25) is 15.0 Å². The van der Waals surface area contributed by atoms with Crippen LogP contribution < -0.4 is 16.2 Å². The molecule has 0 amide bonds. The lowest BCUT2D eigenvalue weighted by Gasteiger charge is -2.26. The molecule has 1 saturated heterocycles. The van der Waals surface area contributed by atoms with Crippen molar-refractivity contribution in [3.05, 3.63) is 86.3 Å². The summed E-state index contributed by atoms with van der Waals surface area (Å²) >= 11 is 0. The first-order valence-corrected chi connectivity index (χ1v) is 14.4. The number of aryl methyl sites for hydroxylation is 2. The minimum Gasteiger partial charge on any atom is -0.382 e. The fraction of sp³-hybridized carbons (Fsp3) is 0.438. The summed E-state index contributed by atoms with van der Waals surface area (Å²) in [5, 5.41) is 26.4. The normalized spacial score (nSPS) is 17.2. The summed E-state index contributed by atoms with van der Waals surface area (Å²) in [4.78, 5) is 17.8. The van der Waals surface area contributed by atoms with E-state index in [0.717, 1.165) is 73.8 Å². The first-order valence-electron chi connectivity index (χ1n) is 14.4. The van der Waals surface area contributed by atoms with Gasteiger partial charge in [-0.25, -0.2) is 0 Å². The van der Waals surface area contributed by atoms with E-state index in [1.807, 2.05) is 26.0 Å². The highest BCUT2D eigenvalue weighted by atomic mass is 16.5. The Balaban J connectivity index is 1.43. The van der Waals surface area contributed by atoms with E-state index in [9.17, 15) is 9.90 Å². The van der Waals surface area contributed by atoms with Gasteiger partial charge in [0.25, 0.3) is 5.56 Å². The highest BCUT2D eigenvalue weighted by Gasteiger charge is 2.21. The molecule has 0 bridgehead atoms. The SMILES string of the molecule is Cc1cc(C)c(CNC(O)c2cc(-c3ccc(CN4CCOCC4)cc3)cc(NC3CCCC3)c2C=N)c(=O)[nH]1. The van der Waals surface area contributed by atoms with Gasteiger partial charge >= 0.3 is 0 Å². The van der Waals surface area contributed by atoms with Gasteiger partial charge in [0, 0.05) is 66.5 Å². The zero-order chi connectivity index (χ0) is 28.1. The largest absolute Gasteiger partial charge is 0.382 e. The maximum atomic E-state index is 12.5. The first kappa shape index (κ1) is 28.2. The Morgan fingerprint density at radius 2 is 1.82 bits per heavy atom. The predicted octanol–water partition coefficient (Wildman–Crippen LogP) is 4.62. The van der Waals surface area contributed by atoms with Crippen LogP contribution in [0.1, 0.15) is 65.4 Å². The van der Waals surface area contributed by atoms with Crippen molar-refractivity contribution >= 4 is 11.9 Å². The third-order valence-corrected chi connectivity index (χ3v) is 8.13. The number of nitrogens with zero attached hydrogens (tertiary/aromatic N) is 1. The summed E-state index contributed by atoms with van der Waals surface area (Å²) in [6.07, 6.45) is 4.86. The molecule has 1 saturated carbocycles. The average molecular weight is 544 g/mol. The molecule has 3 aromatic rings. The maximum Gasteiger partial charge on any atom is 0.252 e. The molecule has 2 aromatic carbocycles. The van der Waals surface area contributed by atoms with Crippen LogP contribution >= 0.6 is 0 Å². The molecule has 1 unspecified atom stereocenters. The molecule has 1 aliphatic heterocycles. The van der Waals surface area contributed by atoms with Crippen LogP contribution in [0.3, 0.4) is 0 Å². The van der Waals surface area contributed by atoms with Crippen molar-refractivity contribution in [2.45, 2.75) is 64.9 Å².